The number of carbonyl (C=O) groups excluding carboxylic acids is 1. The van der Waals surface area contributed by atoms with Crippen molar-refractivity contribution in [3.8, 4) is 11.3 Å². The quantitative estimate of drug-likeness (QED) is 0.748. The van der Waals surface area contributed by atoms with Crippen LogP contribution in [0.5, 0.6) is 0 Å². The van der Waals surface area contributed by atoms with E-state index in [-0.39, 0.29) is 11.8 Å². The molecule has 0 aliphatic carbocycles. The zero-order chi connectivity index (χ0) is 17.8. The molecule has 1 amide bonds. The van der Waals surface area contributed by atoms with Crippen LogP contribution in [0, 0.1) is 13.8 Å². The van der Waals surface area contributed by atoms with Crippen LogP contribution in [0.15, 0.2) is 59.1 Å². The van der Waals surface area contributed by atoms with Gasteiger partial charge >= 0.3 is 0 Å². The zero-order valence-electron chi connectivity index (χ0n) is 14.7. The number of hydrogen-bond acceptors (Lipinski definition) is 3. The van der Waals surface area contributed by atoms with Gasteiger partial charge in [-0.15, -0.1) is 0 Å². The monoisotopic (exact) mass is 334 g/mol. The second-order valence-corrected chi connectivity index (χ2v) is 6.41. The third-order valence-electron chi connectivity index (χ3n) is 4.37. The minimum absolute atomic E-state index is 0.220. The number of aromatic nitrogens is 1. The molecule has 1 aromatic heterocycles. The van der Waals surface area contributed by atoms with Gasteiger partial charge in [0.2, 0.25) is 0 Å². The van der Waals surface area contributed by atoms with Gasteiger partial charge in [0.1, 0.15) is 0 Å². The molecular formula is C21H22N2O2. The van der Waals surface area contributed by atoms with Crippen LogP contribution in [-0.2, 0) is 0 Å². The Kier molecular flexibility index (Phi) is 4.98. The maximum absolute atomic E-state index is 12.3. The van der Waals surface area contributed by atoms with Gasteiger partial charge in [-0.3, -0.25) is 4.79 Å². The van der Waals surface area contributed by atoms with Crippen molar-refractivity contribution >= 4 is 5.91 Å². The molecule has 0 fully saturated rings. The second kappa shape index (κ2) is 7.34. The van der Waals surface area contributed by atoms with Crippen molar-refractivity contribution in [2.75, 3.05) is 6.54 Å². The summed E-state index contributed by atoms with van der Waals surface area (Å²) in [5, 5.41) is 6.83. The topological polar surface area (TPSA) is 55.1 Å². The zero-order valence-corrected chi connectivity index (χ0v) is 14.7. The fraction of sp³-hybridized carbons (Fsp3) is 0.238. The summed E-state index contributed by atoms with van der Waals surface area (Å²) in [5.41, 5.74) is 4.85. The van der Waals surface area contributed by atoms with Crippen molar-refractivity contribution in [1.29, 1.82) is 0 Å². The summed E-state index contributed by atoms with van der Waals surface area (Å²) < 4.78 is 5.31. The third-order valence-corrected chi connectivity index (χ3v) is 4.37. The first-order valence-electron chi connectivity index (χ1n) is 8.42. The lowest BCUT2D eigenvalue weighted by Crippen LogP contribution is -2.27. The van der Waals surface area contributed by atoms with E-state index in [1.807, 2.05) is 43.3 Å². The molecule has 2 aromatic carbocycles. The third kappa shape index (κ3) is 3.97. The van der Waals surface area contributed by atoms with Gasteiger partial charge in [0.05, 0.1) is 0 Å². The van der Waals surface area contributed by atoms with Crippen LogP contribution in [0.4, 0.5) is 0 Å². The van der Waals surface area contributed by atoms with Crippen LogP contribution in [-0.4, -0.2) is 17.6 Å². The normalized spacial score (nSPS) is 12.0. The van der Waals surface area contributed by atoms with Crippen molar-refractivity contribution in [2.45, 2.75) is 26.7 Å². The molecular weight excluding hydrogens is 312 g/mol. The molecule has 0 bridgehead atoms. The molecule has 0 aliphatic heterocycles. The molecule has 3 aromatic rings. The van der Waals surface area contributed by atoms with E-state index in [9.17, 15) is 4.79 Å². The van der Waals surface area contributed by atoms with Gasteiger partial charge in [0.25, 0.3) is 5.91 Å². The van der Waals surface area contributed by atoms with Crippen LogP contribution >= 0.6 is 0 Å². The average Bonchev–Trinajstić information content (AvgIpc) is 3.10. The maximum atomic E-state index is 12.3. The van der Waals surface area contributed by atoms with E-state index in [4.69, 9.17) is 4.52 Å². The molecule has 3 rings (SSSR count). The highest BCUT2D eigenvalue weighted by atomic mass is 16.5. The molecule has 0 aliphatic rings. The van der Waals surface area contributed by atoms with Crippen LogP contribution in [0.25, 0.3) is 11.3 Å². The highest BCUT2D eigenvalue weighted by Gasteiger charge is 2.15. The molecule has 0 saturated carbocycles. The predicted octanol–water partition coefficient (Wildman–Crippen LogP) is 4.49. The Morgan fingerprint density at radius 2 is 1.84 bits per heavy atom. The molecule has 1 atom stereocenters. The first kappa shape index (κ1) is 17.0. The van der Waals surface area contributed by atoms with Gasteiger partial charge in [-0.05, 0) is 30.9 Å². The summed E-state index contributed by atoms with van der Waals surface area (Å²) in [6.45, 7) is 6.76. The highest BCUT2D eigenvalue weighted by Crippen LogP contribution is 2.21. The number of benzene rings is 2. The summed E-state index contributed by atoms with van der Waals surface area (Å²) >= 11 is 0. The number of aryl methyl sites for hydroxylation is 2. The Bertz CT molecular complexity index is 866. The lowest BCUT2D eigenvalue weighted by Gasteiger charge is -2.14. The molecule has 4 heteroatoms. The fourth-order valence-corrected chi connectivity index (χ4v) is 2.82. The van der Waals surface area contributed by atoms with Crippen molar-refractivity contribution < 1.29 is 9.32 Å². The first-order chi connectivity index (χ1) is 12.0. The van der Waals surface area contributed by atoms with Crippen LogP contribution in [0.2, 0.25) is 0 Å². The Hall–Kier alpha value is -2.88. The summed E-state index contributed by atoms with van der Waals surface area (Å²) in [5.74, 6) is 0.605. The molecule has 0 saturated heterocycles. The minimum Gasteiger partial charge on any atom is -0.355 e. The number of carbonyl (C=O) groups is 1. The number of amides is 1. The summed E-state index contributed by atoms with van der Waals surface area (Å²) in [6.07, 6.45) is 0. The smallest absolute Gasteiger partial charge is 0.273 e. The van der Waals surface area contributed by atoms with Gasteiger partial charge in [-0.25, -0.2) is 0 Å². The lowest BCUT2D eigenvalue weighted by atomic mass is 9.96. The largest absolute Gasteiger partial charge is 0.355 e. The summed E-state index contributed by atoms with van der Waals surface area (Å²) in [6, 6.07) is 17.8. The molecule has 25 heavy (non-hydrogen) atoms. The predicted molar refractivity (Wildman–Crippen MR) is 98.6 cm³/mol. The first-order valence-corrected chi connectivity index (χ1v) is 8.42. The Morgan fingerprint density at radius 1 is 1.12 bits per heavy atom. The van der Waals surface area contributed by atoms with Crippen molar-refractivity contribution in [3.63, 3.8) is 0 Å². The van der Waals surface area contributed by atoms with Gasteiger partial charge in [-0.2, -0.15) is 0 Å². The van der Waals surface area contributed by atoms with Gasteiger partial charge in [-0.1, -0.05) is 66.2 Å². The average molecular weight is 334 g/mol. The minimum atomic E-state index is -0.220. The molecule has 0 unspecified atom stereocenters. The van der Waals surface area contributed by atoms with Crippen LogP contribution < -0.4 is 5.32 Å². The molecule has 1 heterocycles. The SMILES string of the molecule is Cc1ccc(-c2cc(C(=O)NC[C@H](C)c3ccccc3C)no2)cc1. The van der Waals surface area contributed by atoms with E-state index < -0.39 is 0 Å². The van der Waals surface area contributed by atoms with Crippen molar-refractivity contribution in [1.82, 2.24) is 10.5 Å². The van der Waals surface area contributed by atoms with Gasteiger partial charge in [0.15, 0.2) is 11.5 Å². The van der Waals surface area contributed by atoms with E-state index in [2.05, 4.69) is 36.5 Å². The van der Waals surface area contributed by atoms with Crippen LogP contribution in [0.3, 0.4) is 0 Å². The standard InChI is InChI=1S/C21H22N2O2/c1-14-8-10-17(11-9-14)20-12-19(23-25-20)21(24)22-13-16(3)18-7-5-4-6-15(18)2/h4-12,16H,13H2,1-3H3,(H,22,24)/t16-/m0/s1. The molecule has 0 spiro atoms. The van der Waals surface area contributed by atoms with Gasteiger partial charge < -0.3 is 9.84 Å². The summed E-state index contributed by atoms with van der Waals surface area (Å²) in [7, 11) is 0. The van der Waals surface area contributed by atoms with Gasteiger partial charge in [0, 0.05) is 18.2 Å². The van der Waals surface area contributed by atoms with Crippen LogP contribution in [0.1, 0.15) is 40.0 Å². The van der Waals surface area contributed by atoms with E-state index in [0.29, 0.717) is 18.0 Å². The Balaban J connectivity index is 1.64. The molecule has 128 valence electrons. The second-order valence-electron chi connectivity index (χ2n) is 6.41. The van der Waals surface area contributed by atoms with E-state index in [1.54, 1.807) is 6.07 Å². The van der Waals surface area contributed by atoms with Crippen molar-refractivity contribution in [2.24, 2.45) is 0 Å². The molecule has 4 nitrogen and oxygen atoms in total. The van der Waals surface area contributed by atoms with E-state index in [0.717, 1.165) is 5.56 Å². The maximum Gasteiger partial charge on any atom is 0.273 e. The Morgan fingerprint density at radius 3 is 2.56 bits per heavy atom. The number of rotatable bonds is 5. The number of hydrogen-bond donors (Lipinski definition) is 1. The number of nitrogens with one attached hydrogen (secondary N) is 1. The van der Waals surface area contributed by atoms with E-state index >= 15 is 0 Å². The molecule has 1 N–H and O–H groups in total. The Labute approximate surface area is 147 Å². The number of nitrogens with zero attached hydrogens (tertiary/aromatic N) is 1. The fourth-order valence-electron chi connectivity index (χ4n) is 2.82. The van der Waals surface area contributed by atoms with E-state index in [1.165, 1.54) is 16.7 Å². The highest BCUT2D eigenvalue weighted by molar-refractivity contribution is 5.93. The lowest BCUT2D eigenvalue weighted by molar-refractivity contribution is 0.0942. The molecule has 0 radical (unpaired) electrons. The summed E-state index contributed by atoms with van der Waals surface area (Å²) in [4.78, 5) is 12.3. The van der Waals surface area contributed by atoms with Crippen molar-refractivity contribution in [3.05, 3.63) is 77.0 Å².